The van der Waals surface area contributed by atoms with Gasteiger partial charge in [-0.25, -0.2) is 0 Å². The van der Waals surface area contributed by atoms with Crippen LogP contribution >= 0.6 is 0 Å². The third-order valence-corrected chi connectivity index (χ3v) is 3.98. The van der Waals surface area contributed by atoms with Crippen molar-refractivity contribution in [2.24, 2.45) is 0 Å². The van der Waals surface area contributed by atoms with E-state index in [1.807, 2.05) is 12.3 Å². The van der Waals surface area contributed by atoms with Crippen molar-refractivity contribution in [3.63, 3.8) is 0 Å². The number of hydrogen-bond acceptors (Lipinski definition) is 2. The number of para-hydroxylation sites is 1. The second kappa shape index (κ2) is 4.69. The summed E-state index contributed by atoms with van der Waals surface area (Å²) in [6, 6.07) is 11.9. The molecule has 0 radical (unpaired) electrons. The molecule has 1 aliphatic carbocycles. The van der Waals surface area contributed by atoms with Gasteiger partial charge in [0.1, 0.15) is 0 Å². The Morgan fingerprint density at radius 1 is 1.17 bits per heavy atom. The Morgan fingerprint density at radius 2 is 1.94 bits per heavy atom. The van der Waals surface area contributed by atoms with Crippen LogP contribution in [0.2, 0.25) is 0 Å². The van der Waals surface area contributed by atoms with Crippen molar-refractivity contribution in [3.05, 3.63) is 42.1 Å². The summed E-state index contributed by atoms with van der Waals surface area (Å²) < 4.78 is 0. The maximum Gasteiger partial charge on any atom is 0.0737 e. The predicted octanol–water partition coefficient (Wildman–Crippen LogP) is 3.48. The van der Waals surface area contributed by atoms with Crippen LogP contribution in [0.1, 0.15) is 38.2 Å². The Hall–Kier alpha value is -1.41. The average Bonchev–Trinajstić information content (AvgIpc) is 3.21. The first-order valence-electron chi connectivity index (χ1n) is 6.85. The first-order valence-corrected chi connectivity index (χ1v) is 6.85. The van der Waals surface area contributed by atoms with Crippen LogP contribution in [0.5, 0.6) is 0 Å². The van der Waals surface area contributed by atoms with Crippen molar-refractivity contribution in [3.8, 4) is 0 Å². The number of hydrogen-bond donors (Lipinski definition) is 1. The van der Waals surface area contributed by atoms with E-state index in [1.54, 1.807) is 0 Å². The van der Waals surface area contributed by atoms with E-state index >= 15 is 0 Å². The molecule has 1 N–H and O–H groups in total. The number of nitrogens with zero attached hydrogens (tertiary/aromatic N) is 1. The number of pyridine rings is 1. The lowest BCUT2D eigenvalue weighted by molar-refractivity contribution is 0.480. The summed E-state index contributed by atoms with van der Waals surface area (Å²) in [7, 11) is 0. The molecule has 2 nitrogen and oxygen atoms in total. The molecule has 1 aromatic heterocycles. The molecule has 2 atom stereocenters. The van der Waals surface area contributed by atoms with Crippen molar-refractivity contribution in [2.75, 3.05) is 0 Å². The Labute approximate surface area is 108 Å². The summed E-state index contributed by atoms with van der Waals surface area (Å²) >= 11 is 0. The van der Waals surface area contributed by atoms with E-state index in [1.165, 1.54) is 23.8 Å². The van der Waals surface area contributed by atoms with Crippen molar-refractivity contribution in [1.29, 1.82) is 0 Å². The van der Waals surface area contributed by atoms with E-state index in [-0.39, 0.29) is 0 Å². The highest BCUT2D eigenvalue weighted by atomic mass is 15.0. The molecule has 1 fully saturated rings. The van der Waals surface area contributed by atoms with Gasteiger partial charge in [-0.3, -0.25) is 4.98 Å². The van der Waals surface area contributed by atoms with E-state index in [0.29, 0.717) is 12.0 Å². The number of fused-ring (bicyclic) bond motifs is 1. The van der Waals surface area contributed by atoms with Gasteiger partial charge in [-0.1, -0.05) is 31.2 Å². The first-order chi connectivity index (χ1) is 8.75. The summed E-state index contributed by atoms with van der Waals surface area (Å²) in [4.78, 5) is 4.55. The minimum Gasteiger partial charge on any atom is -0.311 e. The van der Waals surface area contributed by atoms with Crippen molar-refractivity contribution >= 4 is 10.9 Å². The fourth-order valence-corrected chi connectivity index (χ4v) is 2.53. The minimum atomic E-state index is 0.490. The van der Waals surface area contributed by atoms with Gasteiger partial charge in [0.05, 0.1) is 5.52 Å². The topological polar surface area (TPSA) is 24.9 Å². The SMILES string of the molecule is CC(NC1CC1)C(C)c1cccc2cccnc12. The molecule has 0 amide bonds. The van der Waals surface area contributed by atoms with Crippen molar-refractivity contribution < 1.29 is 0 Å². The molecule has 1 aliphatic rings. The molecule has 94 valence electrons. The molecule has 18 heavy (non-hydrogen) atoms. The molecule has 1 saturated carbocycles. The zero-order chi connectivity index (χ0) is 12.5. The van der Waals surface area contributed by atoms with Gasteiger partial charge >= 0.3 is 0 Å². The molecule has 0 aliphatic heterocycles. The number of rotatable bonds is 4. The lowest BCUT2D eigenvalue weighted by Gasteiger charge is -2.22. The van der Waals surface area contributed by atoms with Gasteiger partial charge < -0.3 is 5.32 Å². The Morgan fingerprint density at radius 3 is 2.72 bits per heavy atom. The Bertz CT molecular complexity index is 540. The minimum absolute atomic E-state index is 0.490. The highest BCUT2D eigenvalue weighted by molar-refractivity contribution is 5.82. The lowest BCUT2D eigenvalue weighted by atomic mass is 9.92. The van der Waals surface area contributed by atoms with E-state index < -0.39 is 0 Å². The molecule has 0 saturated heterocycles. The average molecular weight is 240 g/mol. The highest BCUT2D eigenvalue weighted by Crippen LogP contribution is 2.28. The second-order valence-corrected chi connectivity index (χ2v) is 5.44. The summed E-state index contributed by atoms with van der Waals surface area (Å²) in [5, 5.41) is 4.93. The standard InChI is InChI=1S/C16H20N2/c1-11(12(2)18-14-8-9-14)15-7-3-5-13-6-4-10-17-16(13)15/h3-7,10-12,14,18H,8-9H2,1-2H3. The largest absolute Gasteiger partial charge is 0.311 e. The van der Waals surface area contributed by atoms with Gasteiger partial charge in [0, 0.05) is 23.7 Å². The monoisotopic (exact) mass is 240 g/mol. The summed E-state index contributed by atoms with van der Waals surface area (Å²) in [5.74, 6) is 0.490. The van der Waals surface area contributed by atoms with Crippen LogP contribution in [0.15, 0.2) is 36.5 Å². The van der Waals surface area contributed by atoms with Crippen molar-refractivity contribution in [2.45, 2.75) is 44.7 Å². The van der Waals surface area contributed by atoms with Crippen LogP contribution in [-0.4, -0.2) is 17.1 Å². The maximum atomic E-state index is 4.55. The van der Waals surface area contributed by atoms with Crippen molar-refractivity contribution in [1.82, 2.24) is 10.3 Å². The van der Waals surface area contributed by atoms with E-state index in [2.05, 4.69) is 48.4 Å². The normalized spacial score (nSPS) is 18.8. The second-order valence-electron chi connectivity index (χ2n) is 5.44. The molecular formula is C16H20N2. The molecule has 1 aromatic carbocycles. The third kappa shape index (κ3) is 2.25. The van der Waals surface area contributed by atoms with Crippen LogP contribution in [0.4, 0.5) is 0 Å². The van der Waals surface area contributed by atoms with Gasteiger partial charge in [-0.05, 0) is 37.3 Å². The van der Waals surface area contributed by atoms with Gasteiger partial charge in [0.15, 0.2) is 0 Å². The van der Waals surface area contributed by atoms with Crippen LogP contribution in [0.25, 0.3) is 10.9 Å². The number of nitrogens with one attached hydrogen (secondary N) is 1. The highest BCUT2D eigenvalue weighted by Gasteiger charge is 2.26. The molecule has 2 aromatic rings. The zero-order valence-corrected chi connectivity index (χ0v) is 11.1. The number of benzene rings is 1. The fourth-order valence-electron chi connectivity index (χ4n) is 2.53. The summed E-state index contributed by atoms with van der Waals surface area (Å²) in [6.07, 6.45) is 4.56. The van der Waals surface area contributed by atoms with E-state index in [0.717, 1.165) is 11.6 Å². The summed E-state index contributed by atoms with van der Waals surface area (Å²) in [6.45, 7) is 4.58. The molecule has 0 spiro atoms. The smallest absolute Gasteiger partial charge is 0.0737 e. The van der Waals surface area contributed by atoms with Crippen LogP contribution < -0.4 is 5.32 Å². The molecule has 2 heteroatoms. The van der Waals surface area contributed by atoms with Crippen LogP contribution in [-0.2, 0) is 0 Å². The lowest BCUT2D eigenvalue weighted by Crippen LogP contribution is -2.32. The Balaban J connectivity index is 1.92. The Kier molecular flexibility index (Phi) is 3.04. The van der Waals surface area contributed by atoms with Gasteiger partial charge in [0.25, 0.3) is 0 Å². The van der Waals surface area contributed by atoms with Gasteiger partial charge in [-0.15, -0.1) is 0 Å². The molecule has 1 heterocycles. The quantitative estimate of drug-likeness (QED) is 0.885. The molecule has 3 rings (SSSR count). The number of aromatic nitrogens is 1. The molecule has 0 bridgehead atoms. The summed E-state index contributed by atoms with van der Waals surface area (Å²) in [5.41, 5.74) is 2.51. The third-order valence-electron chi connectivity index (χ3n) is 3.98. The van der Waals surface area contributed by atoms with E-state index in [4.69, 9.17) is 0 Å². The van der Waals surface area contributed by atoms with E-state index in [9.17, 15) is 0 Å². The molecular weight excluding hydrogens is 220 g/mol. The fraction of sp³-hybridized carbons (Fsp3) is 0.438. The van der Waals surface area contributed by atoms with Gasteiger partial charge in [0.2, 0.25) is 0 Å². The zero-order valence-electron chi connectivity index (χ0n) is 11.1. The van der Waals surface area contributed by atoms with Gasteiger partial charge in [-0.2, -0.15) is 0 Å². The molecule has 2 unspecified atom stereocenters. The van der Waals surface area contributed by atoms with Crippen LogP contribution in [0, 0.1) is 0 Å². The predicted molar refractivity (Wildman–Crippen MR) is 75.8 cm³/mol. The van der Waals surface area contributed by atoms with Crippen LogP contribution in [0.3, 0.4) is 0 Å². The maximum absolute atomic E-state index is 4.55. The first kappa shape index (κ1) is 11.7.